The molecule has 10 heteroatoms. The minimum atomic E-state index is -0.698. The Morgan fingerprint density at radius 2 is 1.94 bits per heavy atom. The Morgan fingerprint density at radius 1 is 1.14 bits per heavy atom. The van der Waals surface area contributed by atoms with Gasteiger partial charge in [0.05, 0.1) is 47.1 Å². The summed E-state index contributed by atoms with van der Waals surface area (Å²) in [5.74, 6) is -0.521. The van der Waals surface area contributed by atoms with Crippen molar-refractivity contribution < 1.29 is 13.5 Å². The van der Waals surface area contributed by atoms with Crippen molar-refractivity contribution in [3.63, 3.8) is 0 Å². The molecule has 0 amide bonds. The topological polar surface area (TPSA) is 93.6 Å². The highest BCUT2D eigenvalue weighted by Crippen LogP contribution is 2.32. The van der Waals surface area contributed by atoms with Gasteiger partial charge in [-0.05, 0) is 55.2 Å². The maximum atomic E-state index is 14.9. The third-order valence-corrected chi connectivity index (χ3v) is 6.29. The Bertz CT molecular complexity index is 1340. The molecule has 3 N–H and O–H groups in total. The fourth-order valence-corrected chi connectivity index (χ4v) is 4.75. The third kappa shape index (κ3) is 4.87. The molecule has 2 atom stereocenters. The molecule has 4 aromatic rings. The highest BCUT2D eigenvalue weighted by Gasteiger charge is 2.24. The Hall–Kier alpha value is -3.63. The summed E-state index contributed by atoms with van der Waals surface area (Å²) in [6, 6.07) is 7.89. The summed E-state index contributed by atoms with van der Waals surface area (Å²) < 4.78 is 36.6. The zero-order valence-electron chi connectivity index (χ0n) is 20.3. The molecule has 4 heterocycles. The predicted octanol–water partition coefficient (Wildman–Crippen LogP) is 4.52. The van der Waals surface area contributed by atoms with Gasteiger partial charge in [0.2, 0.25) is 5.95 Å². The molecule has 0 bridgehead atoms. The second-order valence-electron chi connectivity index (χ2n) is 9.23. The lowest BCUT2D eigenvalue weighted by Gasteiger charge is -2.37. The zero-order valence-corrected chi connectivity index (χ0v) is 20.3. The number of hydrogen-bond donors (Lipinski definition) is 2. The number of ether oxygens (including phenoxy) is 1. The lowest BCUT2D eigenvalue weighted by atomic mass is 9.96. The van der Waals surface area contributed by atoms with Crippen LogP contribution in [0.15, 0.2) is 48.9 Å². The molecule has 36 heavy (non-hydrogen) atoms. The summed E-state index contributed by atoms with van der Waals surface area (Å²) in [6.45, 7) is 6.24. The maximum absolute atomic E-state index is 14.9. The van der Waals surface area contributed by atoms with Crippen LogP contribution in [-0.2, 0) is 11.3 Å². The lowest BCUT2D eigenvalue weighted by Crippen LogP contribution is -2.46. The van der Waals surface area contributed by atoms with E-state index in [-0.39, 0.29) is 23.9 Å². The molecule has 0 spiro atoms. The van der Waals surface area contributed by atoms with Crippen LogP contribution < -0.4 is 16.0 Å². The first-order valence-corrected chi connectivity index (χ1v) is 12.0. The minimum absolute atomic E-state index is 0.0935. The van der Waals surface area contributed by atoms with Crippen LogP contribution in [0.3, 0.4) is 0 Å². The fraction of sp³-hybridized carbons (Fsp3) is 0.346. The Balaban J connectivity index is 1.48. The molecule has 1 fully saturated rings. The van der Waals surface area contributed by atoms with Crippen molar-refractivity contribution in [1.29, 1.82) is 0 Å². The third-order valence-electron chi connectivity index (χ3n) is 6.29. The number of rotatable bonds is 7. The van der Waals surface area contributed by atoms with Crippen LogP contribution in [0, 0.1) is 17.6 Å². The average molecular weight is 494 g/mol. The van der Waals surface area contributed by atoms with Gasteiger partial charge in [-0.25, -0.2) is 13.8 Å². The number of anilines is 3. The van der Waals surface area contributed by atoms with Gasteiger partial charge in [-0.3, -0.25) is 4.98 Å². The number of aromatic nitrogens is 4. The van der Waals surface area contributed by atoms with E-state index < -0.39 is 11.6 Å². The number of fused-ring (bicyclic) bond motifs is 1. The molecule has 0 unspecified atom stereocenters. The highest BCUT2D eigenvalue weighted by molar-refractivity contribution is 5.74. The quantitative estimate of drug-likeness (QED) is 0.391. The molecule has 0 saturated carbocycles. The van der Waals surface area contributed by atoms with Crippen molar-refractivity contribution in [2.45, 2.75) is 32.9 Å². The SMILES string of the molecule is CCOCc1cc(F)c(-c2ccc3cnc(Nc4cnccc4N4C[C@H](C)C[C@H](N)C4)n3n2)c(F)c1. The van der Waals surface area contributed by atoms with E-state index in [2.05, 4.69) is 32.2 Å². The van der Waals surface area contributed by atoms with Gasteiger partial charge in [-0.1, -0.05) is 6.92 Å². The van der Waals surface area contributed by atoms with Gasteiger partial charge in [0.25, 0.3) is 0 Å². The summed E-state index contributed by atoms with van der Waals surface area (Å²) in [5, 5.41) is 7.81. The van der Waals surface area contributed by atoms with E-state index in [4.69, 9.17) is 10.5 Å². The molecule has 5 rings (SSSR count). The molecule has 0 radical (unpaired) electrons. The number of benzene rings is 1. The van der Waals surface area contributed by atoms with Crippen LogP contribution in [0.5, 0.6) is 0 Å². The Kier molecular flexibility index (Phi) is 6.80. The van der Waals surface area contributed by atoms with Gasteiger partial charge in [-0.2, -0.15) is 9.61 Å². The molecule has 8 nitrogen and oxygen atoms in total. The predicted molar refractivity (Wildman–Crippen MR) is 135 cm³/mol. The second kappa shape index (κ2) is 10.2. The van der Waals surface area contributed by atoms with Crippen LogP contribution in [-0.4, -0.2) is 45.3 Å². The highest BCUT2D eigenvalue weighted by atomic mass is 19.1. The van der Waals surface area contributed by atoms with Crippen molar-refractivity contribution in [3.05, 3.63) is 66.1 Å². The number of halogens is 2. The van der Waals surface area contributed by atoms with Gasteiger partial charge >= 0.3 is 0 Å². The number of pyridine rings is 1. The number of nitrogens with two attached hydrogens (primary N) is 1. The van der Waals surface area contributed by atoms with Gasteiger partial charge in [0.15, 0.2) is 0 Å². The van der Waals surface area contributed by atoms with Crippen LogP contribution in [0.1, 0.15) is 25.8 Å². The molecular weight excluding hydrogens is 464 g/mol. The number of nitrogens with one attached hydrogen (secondary N) is 1. The monoisotopic (exact) mass is 493 g/mol. The summed E-state index contributed by atoms with van der Waals surface area (Å²) in [5.41, 5.74) is 9.04. The Labute approximate surface area is 208 Å². The minimum Gasteiger partial charge on any atom is -0.377 e. The largest absolute Gasteiger partial charge is 0.377 e. The molecule has 1 aliphatic rings. The van der Waals surface area contributed by atoms with Crippen LogP contribution >= 0.6 is 0 Å². The number of imidazole rings is 1. The first-order valence-electron chi connectivity index (χ1n) is 12.0. The lowest BCUT2D eigenvalue weighted by molar-refractivity contribution is 0.133. The van der Waals surface area contributed by atoms with E-state index in [1.807, 2.05) is 13.0 Å². The van der Waals surface area contributed by atoms with Crippen molar-refractivity contribution in [3.8, 4) is 11.3 Å². The first kappa shape index (κ1) is 24.1. The summed E-state index contributed by atoms with van der Waals surface area (Å²) in [6.07, 6.45) is 6.10. The molecular formula is C26H29F2N7O. The number of nitrogens with zero attached hydrogens (tertiary/aromatic N) is 5. The van der Waals surface area contributed by atoms with E-state index in [1.54, 1.807) is 30.7 Å². The maximum Gasteiger partial charge on any atom is 0.229 e. The van der Waals surface area contributed by atoms with Crippen molar-refractivity contribution in [1.82, 2.24) is 19.6 Å². The summed E-state index contributed by atoms with van der Waals surface area (Å²) >= 11 is 0. The Morgan fingerprint density at radius 3 is 2.69 bits per heavy atom. The number of piperidine rings is 1. The normalized spacial score (nSPS) is 18.1. The summed E-state index contributed by atoms with van der Waals surface area (Å²) in [4.78, 5) is 11.0. The van der Waals surface area contributed by atoms with E-state index in [1.165, 1.54) is 16.6 Å². The van der Waals surface area contributed by atoms with Crippen LogP contribution in [0.4, 0.5) is 26.1 Å². The van der Waals surface area contributed by atoms with Gasteiger partial charge in [0, 0.05) is 31.9 Å². The van der Waals surface area contributed by atoms with Gasteiger partial charge < -0.3 is 20.7 Å². The molecule has 188 valence electrons. The van der Waals surface area contributed by atoms with E-state index in [0.717, 1.165) is 30.9 Å². The molecule has 1 aliphatic heterocycles. The molecule has 3 aromatic heterocycles. The zero-order chi connectivity index (χ0) is 25.2. The second-order valence-corrected chi connectivity index (χ2v) is 9.23. The molecule has 1 saturated heterocycles. The summed E-state index contributed by atoms with van der Waals surface area (Å²) in [7, 11) is 0. The smallest absolute Gasteiger partial charge is 0.229 e. The van der Waals surface area contributed by atoms with Gasteiger partial charge in [0.1, 0.15) is 11.6 Å². The van der Waals surface area contributed by atoms with E-state index in [0.29, 0.717) is 29.6 Å². The van der Waals surface area contributed by atoms with E-state index >= 15 is 0 Å². The van der Waals surface area contributed by atoms with E-state index in [9.17, 15) is 8.78 Å². The fourth-order valence-electron chi connectivity index (χ4n) is 4.75. The standard InChI is InChI=1S/C26H29F2N7O/c1-3-36-15-17-9-20(27)25(21(28)10-17)22-5-4-19-11-31-26(35(19)33-22)32-23-12-30-7-6-24(23)34-13-16(2)8-18(29)14-34/h4-7,9-12,16,18H,3,8,13-15,29H2,1-2H3,(H,31,32)/t16-,18+/m1/s1. The molecule has 0 aliphatic carbocycles. The van der Waals surface area contributed by atoms with Crippen molar-refractivity contribution in [2.24, 2.45) is 11.7 Å². The van der Waals surface area contributed by atoms with Crippen LogP contribution in [0.25, 0.3) is 16.8 Å². The van der Waals surface area contributed by atoms with Crippen molar-refractivity contribution in [2.75, 3.05) is 29.9 Å². The molecule has 1 aromatic carbocycles. The first-order chi connectivity index (χ1) is 17.4. The van der Waals surface area contributed by atoms with Crippen molar-refractivity contribution >= 4 is 22.8 Å². The van der Waals surface area contributed by atoms with Gasteiger partial charge in [-0.15, -0.1) is 0 Å². The van der Waals surface area contributed by atoms with Crippen LogP contribution in [0.2, 0.25) is 0 Å². The number of hydrogen-bond acceptors (Lipinski definition) is 7. The average Bonchev–Trinajstić information content (AvgIpc) is 3.24.